The molecule has 82 valence electrons. The van der Waals surface area contributed by atoms with Gasteiger partial charge >= 0.3 is 0 Å². The second kappa shape index (κ2) is 3.34. The fourth-order valence-corrected chi connectivity index (χ4v) is 1.72. The molecule has 0 radical (unpaired) electrons. The van der Waals surface area contributed by atoms with Crippen molar-refractivity contribution < 1.29 is 13.2 Å². The van der Waals surface area contributed by atoms with Gasteiger partial charge in [-0.1, -0.05) is 0 Å². The van der Waals surface area contributed by atoms with Crippen LogP contribution in [0.2, 0.25) is 0 Å². The molecule has 1 fully saturated rings. The molecule has 15 heavy (non-hydrogen) atoms. The minimum Gasteiger partial charge on any atom is -0.281 e. The van der Waals surface area contributed by atoms with Gasteiger partial charge in [-0.25, -0.2) is 13.1 Å². The first-order valence-corrected chi connectivity index (χ1v) is 6.42. The maximum atomic E-state index is 11.3. The van der Waals surface area contributed by atoms with Crippen molar-refractivity contribution in [2.24, 2.45) is 0 Å². The number of sulfonamides is 1. The third kappa shape index (κ3) is 2.56. The smallest absolute Gasteiger partial charge is 0.281 e. The molecule has 1 amide bonds. The van der Waals surface area contributed by atoms with Crippen molar-refractivity contribution in [3.8, 4) is 0 Å². The second-order valence-corrected chi connectivity index (χ2v) is 5.43. The van der Waals surface area contributed by atoms with Gasteiger partial charge in [0.05, 0.1) is 6.26 Å². The van der Waals surface area contributed by atoms with Gasteiger partial charge in [0.1, 0.15) is 0 Å². The number of rotatable bonds is 3. The molecule has 1 heterocycles. The van der Waals surface area contributed by atoms with Crippen LogP contribution in [0.15, 0.2) is 6.07 Å². The van der Waals surface area contributed by atoms with Crippen LogP contribution in [0, 0.1) is 0 Å². The van der Waals surface area contributed by atoms with Crippen molar-refractivity contribution >= 4 is 15.9 Å². The fourth-order valence-electron chi connectivity index (χ4n) is 1.28. The van der Waals surface area contributed by atoms with Crippen molar-refractivity contribution in [2.45, 2.75) is 18.8 Å². The van der Waals surface area contributed by atoms with Gasteiger partial charge in [0.15, 0.2) is 5.69 Å². The van der Waals surface area contributed by atoms with Crippen LogP contribution in [0.1, 0.15) is 34.9 Å². The van der Waals surface area contributed by atoms with E-state index in [1.807, 2.05) is 4.72 Å². The lowest BCUT2D eigenvalue weighted by Gasteiger charge is -1.97. The Morgan fingerprint density at radius 1 is 1.60 bits per heavy atom. The topological polar surface area (TPSA) is 91.9 Å². The van der Waals surface area contributed by atoms with E-state index in [2.05, 4.69) is 10.2 Å². The van der Waals surface area contributed by atoms with Crippen molar-refractivity contribution in [1.82, 2.24) is 14.9 Å². The molecule has 2 rings (SSSR count). The fraction of sp³-hybridized carbons (Fsp3) is 0.500. The second-order valence-electron chi connectivity index (χ2n) is 3.69. The lowest BCUT2D eigenvalue weighted by atomic mass is 10.2. The normalized spacial score (nSPS) is 16.3. The molecule has 7 heteroatoms. The van der Waals surface area contributed by atoms with Crippen LogP contribution >= 0.6 is 0 Å². The summed E-state index contributed by atoms with van der Waals surface area (Å²) in [5, 5.41) is 6.49. The number of aromatic nitrogens is 2. The molecule has 1 aromatic rings. The molecule has 0 aliphatic heterocycles. The molecule has 6 nitrogen and oxygen atoms in total. The molecule has 0 spiro atoms. The highest BCUT2D eigenvalue weighted by Crippen LogP contribution is 2.38. The molecule has 1 aliphatic carbocycles. The van der Waals surface area contributed by atoms with E-state index in [1.165, 1.54) is 0 Å². The van der Waals surface area contributed by atoms with Gasteiger partial charge in [-0.05, 0) is 18.9 Å². The van der Waals surface area contributed by atoms with E-state index in [9.17, 15) is 13.2 Å². The number of aromatic amines is 1. The maximum absolute atomic E-state index is 11.3. The summed E-state index contributed by atoms with van der Waals surface area (Å²) in [6, 6.07) is 1.60. The molecule has 2 N–H and O–H groups in total. The minimum atomic E-state index is -3.52. The van der Waals surface area contributed by atoms with E-state index in [1.54, 1.807) is 6.07 Å². The predicted molar refractivity (Wildman–Crippen MR) is 52.9 cm³/mol. The molecular weight excluding hydrogens is 218 g/mol. The molecular formula is C8H11N3O3S. The first-order chi connectivity index (χ1) is 6.96. The number of nitrogens with one attached hydrogen (secondary N) is 2. The average molecular weight is 229 g/mol. The van der Waals surface area contributed by atoms with E-state index in [0.717, 1.165) is 24.8 Å². The van der Waals surface area contributed by atoms with Gasteiger partial charge in [0.2, 0.25) is 10.0 Å². The van der Waals surface area contributed by atoms with Crippen LogP contribution in [0.3, 0.4) is 0 Å². The third-order valence-corrected chi connectivity index (χ3v) is 2.68. The third-order valence-electron chi connectivity index (χ3n) is 2.13. The zero-order valence-corrected chi connectivity index (χ0v) is 8.97. The van der Waals surface area contributed by atoms with Crippen LogP contribution in [-0.4, -0.2) is 30.8 Å². The van der Waals surface area contributed by atoms with Crippen LogP contribution in [-0.2, 0) is 10.0 Å². The van der Waals surface area contributed by atoms with Crippen LogP contribution in [0.4, 0.5) is 0 Å². The zero-order valence-electron chi connectivity index (χ0n) is 8.15. The predicted octanol–water partition coefficient (Wildman–Crippen LogP) is -0.0235. The van der Waals surface area contributed by atoms with Crippen LogP contribution in [0.5, 0.6) is 0 Å². The first kappa shape index (κ1) is 10.2. The number of hydrogen-bond donors (Lipinski definition) is 2. The van der Waals surface area contributed by atoms with Crippen LogP contribution < -0.4 is 4.72 Å². The highest BCUT2D eigenvalue weighted by molar-refractivity contribution is 7.89. The Balaban J connectivity index is 2.11. The number of hydrogen-bond acceptors (Lipinski definition) is 4. The van der Waals surface area contributed by atoms with Gasteiger partial charge in [0, 0.05) is 11.6 Å². The number of amides is 1. The number of H-pyrrole nitrogens is 1. The van der Waals surface area contributed by atoms with Crippen molar-refractivity contribution in [3.63, 3.8) is 0 Å². The molecule has 1 aliphatic rings. The molecule has 1 aromatic heterocycles. The average Bonchev–Trinajstić information content (AvgIpc) is 2.81. The zero-order chi connectivity index (χ0) is 11.1. The van der Waals surface area contributed by atoms with Crippen molar-refractivity contribution in [1.29, 1.82) is 0 Å². The summed E-state index contributed by atoms with van der Waals surface area (Å²) in [6.45, 7) is 0. The Hall–Kier alpha value is -1.37. The van der Waals surface area contributed by atoms with Gasteiger partial charge in [-0.2, -0.15) is 5.10 Å². The Morgan fingerprint density at radius 3 is 2.80 bits per heavy atom. The summed E-state index contributed by atoms with van der Waals surface area (Å²) >= 11 is 0. The Bertz CT molecular complexity index is 487. The minimum absolute atomic E-state index is 0.113. The molecule has 0 unspecified atom stereocenters. The number of nitrogens with zero attached hydrogens (tertiary/aromatic N) is 1. The highest BCUT2D eigenvalue weighted by Gasteiger charge is 2.26. The summed E-state index contributed by atoms with van der Waals surface area (Å²) in [4.78, 5) is 11.3. The monoisotopic (exact) mass is 229 g/mol. The number of carbonyl (C=O) groups excluding carboxylic acids is 1. The molecule has 0 aromatic carbocycles. The quantitative estimate of drug-likeness (QED) is 0.761. The largest absolute Gasteiger partial charge is 0.285 e. The van der Waals surface area contributed by atoms with E-state index in [-0.39, 0.29) is 5.69 Å². The van der Waals surface area contributed by atoms with Crippen LogP contribution in [0.25, 0.3) is 0 Å². The maximum Gasteiger partial charge on any atom is 0.285 e. The standard InChI is InChI=1S/C8H11N3O3S/c1-15(13,14)11-8(12)7-4-6(9-10-7)5-2-3-5/h4-5H,2-3H2,1H3,(H,9,10)(H,11,12). The van der Waals surface area contributed by atoms with E-state index in [0.29, 0.717) is 5.92 Å². The van der Waals surface area contributed by atoms with Gasteiger partial charge in [-0.3, -0.25) is 9.89 Å². The van der Waals surface area contributed by atoms with Crippen molar-refractivity contribution in [3.05, 3.63) is 17.5 Å². The first-order valence-electron chi connectivity index (χ1n) is 4.53. The highest BCUT2D eigenvalue weighted by atomic mass is 32.2. The van der Waals surface area contributed by atoms with Gasteiger partial charge < -0.3 is 0 Å². The Morgan fingerprint density at radius 2 is 2.27 bits per heavy atom. The summed E-state index contributed by atoms with van der Waals surface area (Å²) in [5.74, 6) is -0.238. The van der Waals surface area contributed by atoms with Gasteiger partial charge in [-0.15, -0.1) is 0 Å². The molecule has 0 atom stereocenters. The lowest BCUT2D eigenvalue weighted by molar-refractivity contribution is 0.0977. The summed E-state index contributed by atoms with van der Waals surface area (Å²) in [5.41, 5.74) is 1.01. The van der Waals surface area contributed by atoms with E-state index >= 15 is 0 Å². The van der Waals surface area contributed by atoms with E-state index < -0.39 is 15.9 Å². The Labute approximate surface area is 87.1 Å². The molecule has 0 bridgehead atoms. The van der Waals surface area contributed by atoms with Gasteiger partial charge in [0.25, 0.3) is 5.91 Å². The van der Waals surface area contributed by atoms with Crippen molar-refractivity contribution in [2.75, 3.05) is 6.26 Å². The molecule has 1 saturated carbocycles. The summed E-state index contributed by atoms with van der Waals surface area (Å²) < 4.78 is 23.5. The number of carbonyl (C=O) groups is 1. The summed E-state index contributed by atoms with van der Waals surface area (Å²) in [6.07, 6.45) is 3.12. The lowest BCUT2D eigenvalue weighted by Crippen LogP contribution is -2.29. The SMILES string of the molecule is CS(=O)(=O)NC(=O)c1cc(C2CC2)[nH]n1. The van der Waals surface area contributed by atoms with E-state index in [4.69, 9.17) is 0 Å². The Kier molecular flexibility index (Phi) is 2.26. The summed E-state index contributed by atoms with van der Waals surface area (Å²) in [7, 11) is -3.52. The molecule has 0 saturated heterocycles.